The van der Waals surface area contributed by atoms with E-state index in [2.05, 4.69) is 10.1 Å². The van der Waals surface area contributed by atoms with Crippen LogP contribution in [0.4, 0.5) is 10.6 Å². The number of carbonyl (C=O) groups is 1. The lowest BCUT2D eigenvalue weighted by Gasteiger charge is -2.24. The molecule has 0 radical (unpaired) electrons. The van der Waals surface area contributed by atoms with Crippen LogP contribution in [-0.4, -0.2) is 61.5 Å². The lowest BCUT2D eigenvalue weighted by molar-refractivity contribution is -0.0891. The van der Waals surface area contributed by atoms with Gasteiger partial charge in [-0.05, 0) is 25.0 Å². The highest BCUT2D eigenvalue weighted by atomic mass is 16.7. The van der Waals surface area contributed by atoms with Crippen molar-refractivity contribution in [2.24, 2.45) is 0 Å². The highest BCUT2D eigenvalue weighted by Crippen LogP contribution is 2.40. The molecule has 0 saturated carbocycles. The molecule has 0 unspecified atom stereocenters. The molecule has 0 aliphatic carbocycles. The van der Waals surface area contributed by atoms with Crippen LogP contribution in [0.3, 0.4) is 0 Å². The number of nitriles is 1. The average Bonchev–Trinajstić information content (AvgIpc) is 3.26. The summed E-state index contributed by atoms with van der Waals surface area (Å²) in [7, 11) is 0. The summed E-state index contributed by atoms with van der Waals surface area (Å²) in [5, 5.41) is 34.7. The van der Waals surface area contributed by atoms with Gasteiger partial charge in [0.05, 0.1) is 5.69 Å². The van der Waals surface area contributed by atoms with Crippen LogP contribution in [0.15, 0.2) is 18.5 Å². The minimum atomic E-state index is -1.97. The van der Waals surface area contributed by atoms with Gasteiger partial charge in [-0.3, -0.25) is 0 Å². The van der Waals surface area contributed by atoms with Gasteiger partial charge in [0.15, 0.2) is 5.82 Å². The topological polar surface area (TPSA) is 165 Å². The molecule has 29 heavy (non-hydrogen) atoms. The number of aliphatic hydroxyl groups excluding tert-OH is 2. The molecule has 2 aromatic rings. The lowest BCUT2D eigenvalue weighted by atomic mass is 9.96. The van der Waals surface area contributed by atoms with Gasteiger partial charge in [-0.2, -0.15) is 10.4 Å². The molecule has 156 valence electrons. The van der Waals surface area contributed by atoms with Gasteiger partial charge in [-0.1, -0.05) is 13.8 Å². The monoisotopic (exact) mass is 405 g/mol. The molecule has 0 bridgehead atoms. The first-order valence-electron chi connectivity index (χ1n) is 9.23. The smallest absolute Gasteiger partial charge is 0.431 e. The number of ether oxygens (including phenoxy) is 3. The van der Waals surface area contributed by atoms with Crippen molar-refractivity contribution in [3.63, 3.8) is 0 Å². The predicted octanol–water partition coefficient (Wildman–Crippen LogP) is 0.709. The fraction of sp³-hybridized carbons (Fsp3) is 0.556. The lowest BCUT2D eigenvalue weighted by Crippen LogP contribution is -2.46. The Kier molecular flexibility index (Phi) is 5.88. The molecule has 11 nitrogen and oxygen atoms in total. The zero-order valence-electron chi connectivity index (χ0n) is 16.1. The third kappa shape index (κ3) is 3.69. The molecule has 11 heteroatoms. The van der Waals surface area contributed by atoms with Crippen LogP contribution in [0.5, 0.6) is 0 Å². The minimum absolute atomic E-state index is 0.221. The average molecular weight is 405 g/mol. The molecule has 3 rings (SSSR count). The van der Waals surface area contributed by atoms with Gasteiger partial charge in [-0.15, -0.1) is 0 Å². The molecule has 4 atom stereocenters. The molecular formula is C18H23N5O6. The standard InChI is InChI=1S/C18H23N5O6/c1-3-10(4-2)28-17(26)27-8-18(7-19)15(25)13(24)14(29-18)11-5-6-12-16(20)21-9-22-23(11)12/h5-6,9-10,13-15,24-25H,3-4,8H2,1-2H3,(H2,20,21,22)/t13-,14-,15-,18+/m0/s1. The van der Waals surface area contributed by atoms with Gasteiger partial charge < -0.3 is 30.2 Å². The van der Waals surface area contributed by atoms with Gasteiger partial charge in [0.2, 0.25) is 5.60 Å². The van der Waals surface area contributed by atoms with E-state index in [0.29, 0.717) is 24.1 Å². The number of nitrogen functional groups attached to an aromatic ring is 1. The molecule has 0 spiro atoms. The van der Waals surface area contributed by atoms with E-state index in [-0.39, 0.29) is 11.9 Å². The van der Waals surface area contributed by atoms with Crippen LogP contribution in [0, 0.1) is 11.3 Å². The number of carbonyl (C=O) groups excluding carboxylic acids is 1. The van der Waals surface area contributed by atoms with Crippen molar-refractivity contribution in [2.45, 2.75) is 56.7 Å². The fourth-order valence-electron chi connectivity index (χ4n) is 3.27. The van der Waals surface area contributed by atoms with Crippen LogP contribution in [0.2, 0.25) is 0 Å². The molecule has 1 aliphatic heterocycles. The zero-order valence-corrected chi connectivity index (χ0v) is 16.1. The van der Waals surface area contributed by atoms with Crippen molar-refractivity contribution in [1.82, 2.24) is 14.6 Å². The van der Waals surface area contributed by atoms with Crippen LogP contribution < -0.4 is 5.73 Å². The summed E-state index contributed by atoms with van der Waals surface area (Å²) in [5.74, 6) is 0.221. The number of hydrogen-bond acceptors (Lipinski definition) is 10. The molecule has 2 aromatic heterocycles. The first-order valence-corrected chi connectivity index (χ1v) is 9.23. The van der Waals surface area contributed by atoms with Crippen molar-refractivity contribution in [3.05, 3.63) is 24.2 Å². The van der Waals surface area contributed by atoms with E-state index in [9.17, 15) is 20.3 Å². The van der Waals surface area contributed by atoms with Crippen LogP contribution in [0.25, 0.3) is 5.52 Å². The second-order valence-corrected chi connectivity index (χ2v) is 6.77. The third-order valence-corrected chi connectivity index (χ3v) is 5.02. The summed E-state index contributed by atoms with van der Waals surface area (Å²) < 4.78 is 17.2. The highest BCUT2D eigenvalue weighted by molar-refractivity contribution is 5.65. The van der Waals surface area contributed by atoms with Crippen molar-refractivity contribution < 1.29 is 29.2 Å². The van der Waals surface area contributed by atoms with Crippen LogP contribution in [0.1, 0.15) is 38.5 Å². The summed E-state index contributed by atoms with van der Waals surface area (Å²) in [6, 6.07) is 5.04. The molecule has 4 N–H and O–H groups in total. The largest absolute Gasteiger partial charge is 0.508 e. The van der Waals surface area contributed by atoms with E-state index in [1.54, 1.807) is 12.1 Å². The van der Waals surface area contributed by atoms with E-state index in [1.807, 2.05) is 19.9 Å². The Morgan fingerprint density at radius 3 is 2.83 bits per heavy atom. The van der Waals surface area contributed by atoms with Crippen molar-refractivity contribution in [1.29, 1.82) is 5.26 Å². The normalized spacial score (nSPS) is 26.6. The fourth-order valence-corrected chi connectivity index (χ4v) is 3.27. The molecule has 0 aromatic carbocycles. The zero-order chi connectivity index (χ0) is 21.2. The number of rotatable bonds is 6. The second kappa shape index (κ2) is 8.20. The van der Waals surface area contributed by atoms with Gasteiger partial charge in [0.1, 0.15) is 48.9 Å². The number of hydrogen-bond donors (Lipinski definition) is 3. The molecule has 1 saturated heterocycles. The number of nitrogens with two attached hydrogens (primary N) is 1. The Hall–Kier alpha value is -2.94. The minimum Gasteiger partial charge on any atom is -0.431 e. The van der Waals surface area contributed by atoms with Crippen LogP contribution >= 0.6 is 0 Å². The molecular weight excluding hydrogens is 382 g/mol. The third-order valence-electron chi connectivity index (χ3n) is 5.02. The predicted molar refractivity (Wildman–Crippen MR) is 98.4 cm³/mol. The number of aliphatic hydroxyl groups is 2. The van der Waals surface area contributed by atoms with Gasteiger partial charge in [0.25, 0.3) is 0 Å². The molecule has 3 heterocycles. The summed E-state index contributed by atoms with van der Waals surface area (Å²) in [4.78, 5) is 15.8. The van der Waals surface area contributed by atoms with Crippen molar-refractivity contribution >= 4 is 17.5 Å². The molecule has 0 amide bonds. The van der Waals surface area contributed by atoms with E-state index in [0.717, 1.165) is 0 Å². The Bertz CT molecular complexity index is 923. The van der Waals surface area contributed by atoms with E-state index in [4.69, 9.17) is 19.9 Å². The Labute approximate surface area is 166 Å². The summed E-state index contributed by atoms with van der Waals surface area (Å²) in [6.07, 6.45) is -3.05. The van der Waals surface area contributed by atoms with E-state index in [1.165, 1.54) is 10.8 Å². The summed E-state index contributed by atoms with van der Waals surface area (Å²) in [6.45, 7) is 3.11. The number of nitrogens with zero attached hydrogens (tertiary/aromatic N) is 4. The number of anilines is 1. The maximum absolute atomic E-state index is 11.9. The van der Waals surface area contributed by atoms with Crippen molar-refractivity contribution in [2.75, 3.05) is 12.3 Å². The van der Waals surface area contributed by atoms with Gasteiger partial charge in [-0.25, -0.2) is 14.3 Å². The molecule has 1 aliphatic rings. The quantitative estimate of drug-likeness (QED) is 0.583. The van der Waals surface area contributed by atoms with Crippen LogP contribution in [-0.2, 0) is 14.2 Å². The first kappa shape index (κ1) is 20.8. The SMILES string of the molecule is CCC(CC)OC(=O)OC[C@@]1(C#N)O[C@@H](c2ccc3c(N)ncnn23)[C@H](O)[C@@H]1O. The van der Waals surface area contributed by atoms with Gasteiger partial charge >= 0.3 is 6.16 Å². The second-order valence-electron chi connectivity index (χ2n) is 6.77. The Morgan fingerprint density at radius 1 is 1.45 bits per heavy atom. The Balaban J connectivity index is 1.80. The summed E-state index contributed by atoms with van der Waals surface area (Å²) >= 11 is 0. The molecule has 1 fully saturated rings. The van der Waals surface area contributed by atoms with E-state index >= 15 is 0 Å². The van der Waals surface area contributed by atoms with E-state index < -0.39 is 36.7 Å². The first-order chi connectivity index (χ1) is 13.9. The number of fused-ring (bicyclic) bond motifs is 1. The highest BCUT2D eigenvalue weighted by Gasteiger charge is 2.57. The number of aromatic nitrogens is 3. The van der Waals surface area contributed by atoms with Crippen molar-refractivity contribution in [3.8, 4) is 6.07 Å². The maximum atomic E-state index is 11.9. The maximum Gasteiger partial charge on any atom is 0.508 e. The summed E-state index contributed by atoms with van der Waals surface area (Å²) in [5.41, 5.74) is 4.67. The Morgan fingerprint density at radius 2 is 2.17 bits per heavy atom. The van der Waals surface area contributed by atoms with Gasteiger partial charge in [0, 0.05) is 0 Å².